The molecule has 1 N–H and O–H groups in total. The second-order valence-corrected chi connectivity index (χ2v) is 7.65. The Kier molecular flexibility index (Phi) is 5.18. The molecule has 0 saturated carbocycles. The summed E-state index contributed by atoms with van der Waals surface area (Å²) in [5, 5.41) is 3.75. The van der Waals surface area contributed by atoms with Gasteiger partial charge in [0.15, 0.2) is 5.76 Å². The Morgan fingerprint density at radius 1 is 1.18 bits per heavy atom. The van der Waals surface area contributed by atoms with Gasteiger partial charge in [0.2, 0.25) is 0 Å². The molecular weight excluding hydrogens is 355 g/mol. The van der Waals surface area contributed by atoms with Crippen LogP contribution in [0.4, 0.5) is 4.39 Å². The van der Waals surface area contributed by atoms with E-state index in [1.165, 1.54) is 23.3 Å². The monoisotopic (exact) mass is 380 g/mol. The number of piperidine rings is 1. The molecule has 0 bridgehead atoms. The minimum atomic E-state index is -0.329. The summed E-state index contributed by atoms with van der Waals surface area (Å²) < 4.78 is 19.2. The molecule has 2 heterocycles. The van der Waals surface area contributed by atoms with E-state index in [1.807, 2.05) is 0 Å². The number of furan rings is 1. The Labute approximate surface area is 164 Å². The maximum absolute atomic E-state index is 13.5. The van der Waals surface area contributed by atoms with Crippen molar-refractivity contribution in [2.75, 3.05) is 13.1 Å². The lowest BCUT2D eigenvalue weighted by Crippen LogP contribution is -2.44. The molecule has 4 rings (SSSR count). The summed E-state index contributed by atoms with van der Waals surface area (Å²) in [4.78, 5) is 15.1. The number of nitrogens with zero attached hydrogens (tertiary/aromatic N) is 1. The number of carbonyl (C=O) groups excluding carboxylic acids is 1. The largest absolute Gasteiger partial charge is 0.451 e. The van der Waals surface area contributed by atoms with E-state index in [4.69, 9.17) is 4.42 Å². The van der Waals surface area contributed by atoms with Crippen molar-refractivity contribution in [2.45, 2.75) is 39.3 Å². The predicted octanol–water partition coefficient (Wildman–Crippen LogP) is 4.58. The number of amides is 1. The lowest BCUT2D eigenvalue weighted by molar-refractivity contribution is 0.0882. The molecule has 28 heavy (non-hydrogen) atoms. The highest BCUT2D eigenvalue weighted by Crippen LogP contribution is 2.26. The Balaban J connectivity index is 1.36. The van der Waals surface area contributed by atoms with E-state index in [9.17, 15) is 9.18 Å². The van der Waals surface area contributed by atoms with Crippen LogP contribution in [0.1, 0.15) is 40.1 Å². The molecule has 1 fully saturated rings. The Morgan fingerprint density at radius 2 is 1.93 bits per heavy atom. The van der Waals surface area contributed by atoms with Gasteiger partial charge in [-0.15, -0.1) is 0 Å². The molecule has 5 heteroatoms. The first-order valence-corrected chi connectivity index (χ1v) is 9.77. The van der Waals surface area contributed by atoms with E-state index >= 15 is 0 Å². The number of likely N-dealkylation sites (tertiary alicyclic amines) is 1. The lowest BCUT2D eigenvalue weighted by Gasteiger charge is -2.32. The van der Waals surface area contributed by atoms with E-state index in [2.05, 4.69) is 41.4 Å². The van der Waals surface area contributed by atoms with Crippen LogP contribution in [-0.2, 0) is 6.54 Å². The van der Waals surface area contributed by atoms with Crippen LogP contribution in [-0.4, -0.2) is 29.9 Å². The van der Waals surface area contributed by atoms with E-state index in [0.717, 1.165) is 32.5 Å². The summed E-state index contributed by atoms with van der Waals surface area (Å²) >= 11 is 0. The second-order valence-electron chi connectivity index (χ2n) is 7.65. The number of rotatable bonds is 4. The molecular formula is C23H25FN2O2. The summed E-state index contributed by atoms with van der Waals surface area (Å²) in [5.41, 5.74) is 3.89. The molecule has 0 aliphatic carbocycles. The molecule has 3 aromatic rings. The first-order chi connectivity index (χ1) is 13.5. The predicted molar refractivity (Wildman–Crippen MR) is 108 cm³/mol. The molecule has 1 saturated heterocycles. The maximum Gasteiger partial charge on any atom is 0.287 e. The lowest BCUT2D eigenvalue weighted by atomic mass is 10.0. The molecule has 1 aromatic heterocycles. The maximum atomic E-state index is 13.5. The van der Waals surface area contributed by atoms with E-state index in [0.29, 0.717) is 16.5 Å². The second kappa shape index (κ2) is 7.76. The standard InChI is InChI=1S/C23H25FN2O2/c1-15-5-3-4-6-17(15)14-26-11-9-19(10-12-26)25-23(27)22-16(2)20-13-18(24)7-8-21(20)28-22/h3-8,13,19H,9-12,14H2,1-2H3,(H,25,27). The van der Waals surface area contributed by atoms with Gasteiger partial charge in [-0.25, -0.2) is 4.39 Å². The third-order valence-electron chi connectivity index (χ3n) is 5.68. The van der Waals surface area contributed by atoms with E-state index < -0.39 is 0 Å². The highest BCUT2D eigenvalue weighted by Gasteiger charge is 2.24. The molecule has 0 spiro atoms. The first kappa shape index (κ1) is 18.7. The molecule has 4 nitrogen and oxygen atoms in total. The fraction of sp³-hybridized carbons (Fsp3) is 0.348. The van der Waals surface area contributed by atoms with Crippen LogP contribution >= 0.6 is 0 Å². The quantitative estimate of drug-likeness (QED) is 0.720. The SMILES string of the molecule is Cc1ccccc1CN1CCC(NC(=O)c2oc3ccc(F)cc3c2C)CC1. The molecule has 0 atom stereocenters. The highest BCUT2D eigenvalue weighted by atomic mass is 19.1. The van der Waals surface area contributed by atoms with Crippen molar-refractivity contribution in [3.8, 4) is 0 Å². The minimum Gasteiger partial charge on any atom is -0.451 e. The van der Waals surface area contributed by atoms with Crippen molar-refractivity contribution in [3.63, 3.8) is 0 Å². The average molecular weight is 380 g/mol. The number of fused-ring (bicyclic) bond motifs is 1. The third kappa shape index (κ3) is 3.80. The highest BCUT2D eigenvalue weighted by molar-refractivity contribution is 5.99. The van der Waals surface area contributed by atoms with Gasteiger partial charge in [0, 0.05) is 36.6 Å². The zero-order valence-electron chi connectivity index (χ0n) is 16.3. The van der Waals surface area contributed by atoms with E-state index in [-0.39, 0.29) is 23.5 Å². The average Bonchev–Trinajstić information content (AvgIpc) is 3.01. The fourth-order valence-corrected chi connectivity index (χ4v) is 3.92. The zero-order chi connectivity index (χ0) is 19.7. The number of carbonyl (C=O) groups is 1. The smallest absolute Gasteiger partial charge is 0.287 e. The van der Waals surface area contributed by atoms with Crippen molar-refractivity contribution in [1.29, 1.82) is 0 Å². The summed E-state index contributed by atoms with van der Waals surface area (Å²) in [6, 6.07) is 12.9. The van der Waals surface area contributed by atoms with Crippen LogP contribution in [0, 0.1) is 19.7 Å². The number of nitrogens with one attached hydrogen (secondary N) is 1. The van der Waals surface area contributed by atoms with Gasteiger partial charge in [-0.2, -0.15) is 0 Å². The van der Waals surface area contributed by atoms with Gasteiger partial charge < -0.3 is 9.73 Å². The summed E-state index contributed by atoms with van der Waals surface area (Å²) in [6.45, 7) is 6.78. The first-order valence-electron chi connectivity index (χ1n) is 9.77. The molecule has 2 aromatic carbocycles. The number of hydrogen-bond donors (Lipinski definition) is 1. The fourth-order valence-electron chi connectivity index (χ4n) is 3.92. The molecule has 0 unspecified atom stereocenters. The van der Waals surface area contributed by atoms with Gasteiger partial charge in [-0.3, -0.25) is 9.69 Å². The third-order valence-corrected chi connectivity index (χ3v) is 5.68. The van der Waals surface area contributed by atoms with Gasteiger partial charge in [-0.05, 0) is 56.0 Å². The van der Waals surface area contributed by atoms with Crippen LogP contribution in [0.2, 0.25) is 0 Å². The van der Waals surface area contributed by atoms with E-state index in [1.54, 1.807) is 13.0 Å². The molecule has 146 valence electrons. The van der Waals surface area contributed by atoms with Crippen LogP contribution in [0.5, 0.6) is 0 Å². The Hall–Kier alpha value is -2.66. The summed E-state index contributed by atoms with van der Waals surface area (Å²) in [7, 11) is 0. The number of benzene rings is 2. The van der Waals surface area contributed by atoms with Gasteiger partial charge in [0.1, 0.15) is 11.4 Å². The van der Waals surface area contributed by atoms with Crippen LogP contribution < -0.4 is 5.32 Å². The molecule has 1 aliphatic rings. The normalized spacial score (nSPS) is 15.8. The van der Waals surface area contributed by atoms with Crippen molar-refractivity contribution < 1.29 is 13.6 Å². The summed E-state index contributed by atoms with van der Waals surface area (Å²) in [6.07, 6.45) is 1.82. The topological polar surface area (TPSA) is 45.5 Å². The molecule has 1 aliphatic heterocycles. The van der Waals surface area contributed by atoms with Crippen molar-refractivity contribution in [3.05, 3.63) is 70.7 Å². The molecule has 0 radical (unpaired) electrons. The number of halogens is 1. The van der Waals surface area contributed by atoms with Gasteiger partial charge in [0.25, 0.3) is 5.91 Å². The number of hydrogen-bond acceptors (Lipinski definition) is 3. The summed E-state index contributed by atoms with van der Waals surface area (Å²) in [5.74, 6) is -0.265. The zero-order valence-corrected chi connectivity index (χ0v) is 16.3. The van der Waals surface area contributed by atoms with Gasteiger partial charge in [0.05, 0.1) is 0 Å². The molecule has 1 amide bonds. The Morgan fingerprint density at radius 3 is 2.68 bits per heavy atom. The van der Waals surface area contributed by atoms with Crippen molar-refractivity contribution in [1.82, 2.24) is 10.2 Å². The van der Waals surface area contributed by atoms with Gasteiger partial charge in [-0.1, -0.05) is 24.3 Å². The van der Waals surface area contributed by atoms with Crippen LogP contribution in [0.15, 0.2) is 46.9 Å². The minimum absolute atomic E-state index is 0.130. The number of aryl methyl sites for hydroxylation is 2. The van der Waals surface area contributed by atoms with Gasteiger partial charge >= 0.3 is 0 Å². The van der Waals surface area contributed by atoms with Crippen molar-refractivity contribution in [2.24, 2.45) is 0 Å². The van der Waals surface area contributed by atoms with Crippen LogP contribution in [0.3, 0.4) is 0 Å². The Bertz CT molecular complexity index is 1000. The van der Waals surface area contributed by atoms with Crippen LogP contribution in [0.25, 0.3) is 11.0 Å². The van der Waals surface area contributed by atoms with Crippen molar-refractivity contribution >= 4 is 16.9 Å².